The van der Waals surface area contributed by atoms with Crippen LogP contribution in [0.15, 0.2) is 77.7 Å². The molecule has 32 heavy (non-hydrogen) atoms. The molecule has 0 bridgehead atoms. The number of nitrogens with zero attached hydrogens (tertiary/aromatic N) is 1. The normalized spacial score (nSPS) is 10.9. The predicted molar refractivity (Wildman–Crippen MR) is 120 cm³/mol. The first-order chi connectivity index (χ1) is 15.2. The Hall–Kier alpha value is -3.85. The number of benzene rings is 3. The fourth-order valence-corrected chi connectivity index (χ4v) is 4.21. The van der Waals surface area contributed by atoms with E-state index in [0.29, 0.717) is 17.0 Å². The molecule has 0 spiro atoms. The minimum Gasteiger partial charge on any atom is -0.495 e. The van der Waals surface area contributed by atoms with Crippen LogP contribution in [0.4, 0.5) is 5.69 Å². The summed E-state index contributed by atoms with van der Waals surface area (Å²) in [6.07, 6.45) is 0. The van der Waals surface area contributed by atoms with Crippen molar-refractivity contribution in [2.45, 2.75) is 11.4 Å². The summed E-state index contributed by atoms with van der Waals surface area (Å²) in [4.78, 5) is 23.3. The molecule has 0 aromatic heterocycles. The van der Waals surface area contributed by atoms with Gasteiger partial charge in [0.25, 0.3) is 15.9 Å². The number of carbonyl (C=O) groups excluding carboxylic acids is 1. The number of para-hydroxylation sites is 2. The van der Waals surface area contributed by atoms with E-state index in [1.807, 2.05) is 0 Å². The fourth-order valence-electron chi connectivity index (χ4n) is 3.01. The zero-order chi connectivity index (χ0) is 23.3. The topological polar surface area (TPSA) is 113 Å². The SMILES string of the molecule is COc1ccccc1N(C)S(=O)(=O)c1ccc(C(=O)NCc2ccc(C(=O)O)cc2)cc1. The van der Waals surface area contributed by atoms with Gasteiger partial charge in [0.2, 0.25) is 0 Å². The van der Waals surface area contributed by atoms with Gasteiger partial charge in [0, 0.05) is 19.2 Å². The molecule has 1 amide bonds. The molecule has 0 heterocycles. The number of anilines is 1. The lowest BCUT2D eigenvalue weighted by atomic mass is 10.1. The lowest BCUT2D eigenvalue weighted by Crippen LogP contribution is -2.27. The molecule has 8 nitrogen and oxygen atoms in total. The van der Waals surface area contributed by atoms with Gasteiger partial charge in [-0.15, -0.1) is 0 Å². The molecule has 0 aliphatic heterocycles. The van der Waals surface area contributed by atoms with Crippen LogP contribution in [0.25, 0.3) is 0 Å². The molecule has 0 aliphatic rings. The average Bonchev–Trinajstić information content (AvgIpc) is 2.82. The Morgan fingerprint density at radius 1 is 0.938 bits per heavy atom. The molecule has 0 atom stereocenters. The number of aromatic carboxylic acids is 1. The number of hydrogen-bond acceptors (Lipinski definition) is 5. The Morgan fingerprint density at radius 3 is 2.12 bits per heavy atom. The zero-order valence-electron chi connectivity index (χ0n) is 17.5. The van der Waals surface area contributed by atoms with Crippen molar-refractivity contribution in [3.8, 4) is 5.75 Å². The highest BCUT2D eigenvalue weighted by Crippen LogP contribution is 2.30. The molecule has 2 N–H and O–H groups in total. The van der Waals surface area contributed by atoms with Gasteiger partial charge in [-0.25, -0.2) is 13.2 Å². The van der Waals surface area contributed by atoms with E-state index in [9.17, 15) is 18.0 Å². The molecule has 0 saturated carbocycles. The second-order valence-corrected chi connectivity index (χ2v) is 8.82. The highest BCUT2D eigenvalue weighted by molar-refractivity contribution is 7.92. The number of carboxylic acids is 1. The van der Waals surface area contributed by atoms with Gasteiger partial charge in [0.15, 0.2) is 0 Å². The van der Waals surface area contributed by atoms with Crippen molar-refractivity contribution in [2.24, 2.45) is 0 Å². The first kappa shape index (κ1) is 22.8. The number of methoxy groups -OCH3 is 1. The summed E-state index contributed by atoms with van der Waals surface area (Å²) in [5, 5.41) is 11.6. The van der Waals surface area contributed by atoms with Gasteiger partial charge in [-0.05, 0) is 54.1 Å². The van der Waals surface area contributed by atoms with Gasteiger partial charge in [-0.2, -0.15) is 0 Å². The molecule has 0 fully saturated rings. The second-order valence-electron chi connectivity index (χ2n) is 6.85. The standard InChI is InChI=1S/C23H22N2O6S/c1-25(20-5-3-4-6-21(20)31-2)32(29,30)19-13-11-17(12-14-19)22(26)24-15-16-7-9-18(10-8-16)23(27)28/h3-14H,15H2,1-2H3,(H,24,26)(H,27,28). The van der Waals surface area contributed by atoms with Crippen LogP contribution in [0.5, 0.6) is 5.75 Å². The summed E-state index contributed by atoms with van der Waals surface area (Å²) in [5.41, 5.74) is 1.59. The van der Waals surface area contributed by atoms with E-state index in [4.69, 9.17) is 9.84 Å². The monoisotopic (exact) mass is 454 g/mol. The van der Waals surface area contributed by atoms with Crippen LogP contribution in [0.1, 0.15) is 26.3 Å². The summed E-state index contributed by atoms with van der Waals surface area (Å²) in [5.74, 6) is -0.979. The van der Waals surface area contributed by atoms with Crippen molar-refractivity contribution in [2.75, 3.05) is 18.5 Å². The second kappa shape index (κ2) is 9.52. The van der Waals surface area contributed by atoms with Crippen molar-refractivity contribution in [1.82, 2.24) is 5.32 Å². The third kappa shape index (κ3) is 4.89. The Labute approximate surface area is 186 Å². The molecule has 0 saturated heterocycles. The third-order valence-corrected chi connectivity index (χ3v) is 6.64. The third-order valence-electron chi connectivity index (χ3n) is 4.85. The number of sulfonamides is 1. The first-order valence-electron chi connectivity index (χ1n) is 9.56. The molecule has 9 heteroatoms. The number of ether oxygens (including phenoxy) is 1. The Balaban J connectivity index is 1.70. The summed E-state index contributed by atoms with van der Waals surface area (Å²) in [7, 11) is -0.960. The summed E-state index contributed by atoms with van der Waals surface area (Å²) in [6, 6.07) is 18.5. The van der Waals surface area contributed by atoms with E-state index < -0.39 is 16.0 Å². The van der Waals surface area contributed by atoms with Crippen LogP contribution in [0.3, 0.4) is 0 Å². The molecular weight excluding hydrogens is 432 g/mol. The van der Waals surface area contributed by atoms with E-state index >= 15 is 0 Å². The predicted octanol–water partition coefficient (Wildman–Crippen LogP) is 3.15. The van der Waals surface area contributed by atoms with Gasteiger partial charge in [-0.1, -0.05) is 24.3 Å². The molecule has 3 aromatic rings. The Morgan fingerprint density at radius 2 is 1.53 bits per heavy atom. The lowest BCUT2D eigenvalue weighted by Gasteiger charge is -2.21. The fraction of sp³-hybridized carbons (Fsp3) is 0.130. The van der Waals surface area contributed by atoms with Gasteiger partial charge < -0.3 is 15.2 Å². The van der Waals surface area contributed by atoms with Crippen LogP contribution in [-0.2, 0) is 16.6 Å². The number of carbonyl (C=O) groups is 2. The van der Waals surface area contributed by atoms with Crippen LogP contribution >= 0.6 is 0 Å². The zero-order valence-corrected chi connectivity index (χ0v) is 18.3. The number of amides is 1. The quantitative estimate of drug-likeness (QED) is 0.541. The maximum absolute atomic E-state index is 13.0. The maximum atomic E-state index is 13.0. The Kier molecular flexibility index (Phi) is 6.79. The van der Waals surface area contributed by atoms with Gasteiger partial charge in [0.05, 0.1) is 23.3 Å². The Bertz CT molecular complexity index is 1220. The molecule has 0 radical (unpaired) electrons. The van der Waals surface area contributed by atoms with Crippen LogP contribution < -0.4 is 14.4 Å². The molecule has 0 aliphatic carbocycles. The van der Waals surface area contributed by atoms with E-state index in [1.165, 1.54) is 50.6 Å². The summed E-state index contributed by atoms with van der Waals surface area (Å²) < 4.78 is 32.4. The van der Waals surface area contributed by atoms with E-state index in [2.05, 4.69) is 5.32 Å². The van der Waals surface area contributed by atoms with Gasteiger partial charge >= 0.3 is 5.97 Å². The average molecular weight is 455 g/mol. The van der Waals surface area contributed by atoms with Crippen molar-refractivity contribution in [1.29, 1.82) is 0 Å². The van der Waals surface area contributed by atoms with Crippen LogP contribution in [-0.4, -0.2) is 39.6 Å². The summed E-state index contributed by atoms with van der Waals surface area (Å²) >= 11 is 0. The van der Waals surface area contributed by atoms with Crippen molar-refractivity contribution < 1.29 is 27.9 Å². The van der Waals surface area contributed by atoms with Crippen LogP contribution in [0.2, 0.25) is 0 Å². The number of carboxylic acid groups (broad SMARTS) is 1. The maximum Gasteiger partial charge on any atom is 0.335 e. The molecule has 166 valence electrons. The minimum absolute atomic E-state index is 0.0340. The van der Waals surface area contributed by atoms with E-state index in [-0.39, 0.29) is 22.9 Å². The highest BCUT2D eigenvalue weighted by Gasteiger charge is 2.23. The van der Waals surface area contributed by atoms with E-state index in [0.717, 1.165) is 9.87 Å². The summed E-state index contributed by atoms with van der Waals surface area (Å²) in [6.45, 7) is 0.204. The first-order valence-corrected chi connectivity index (χ1v) is 11.0. The van der Waals surface area contributed by atoms with Crippen LogP contribution in [0, 0.1) is 0 Å². The number of rotatable bonds is 8. The molecular formula is C23H22N2O6S. The molecule has 3 aromatic carbocycles. The molecule has 0 unspecified atom stereocenters. The van der Waals surface area contributed by atoms with Crippen molar-refractivity contribution in [3.05, 3.63) is 89.5 Å². The number of hydrogen-bond donors (Lipinski definition) is 2. The smallest absolute Gasteiger partial charge is 0.335 e. The minimum atomic E-state index is -3.86. The highest BCUT2D eigenvalue weighted by atomic mass is 32.2. The van der Waals surface area contributed by atoms with Crippen molar-refractivity contribution in [3.63, 3.8) is 0 Å². The number of nitrogens with one attached hydrogen (secondary N) is 1. The molecule has 3 rings (SSSR count). The van der Waals surface area contributed by atoms with Gasteiger partial charge in [0.1, 0.15) is 5.75 Å². The van der Waals surface area contributed by atoms with E-state index in [1.54, 1.807) is 36.4 Å². The van der Waals surface area contributed by atoms with Gasteiger partial charge in [-0.3, -0.25) is 9.10 Å². The lowest BCUT2D eigenvalue weighted by molar-refractivity contribution is 0.0696. The largest absolute Gasteiger partial charge is 0.495 e. The van der Waals surface area contributed by atoms with Crippen molar-refractivity contribution >= 4 is 27.6 Å².